The molecule has 0 aliphatic carbocycles. The fourth-order valence-corrected chi connectivity index (χ4v) is 2.41. The molecule has 1 aliphatic heterocycles. The largest absolute Gasteiger partial charge is 0.480 e. The van der Waals surface area contributed by atoms with E-state index in [2.05, 4.69) is 5.10 Å². The van der Waals surface area contributed by atoms with Gasteiger partial charge < -0.3 is 14.7 Å². The first-order valence-corrected chi connectivity index (χ1v) is 6.59. The van der Waals surface area contributed by atoms with Crippen LogP contribution in [0.1, 0.15) is 34.9 Å². The Morgan fingerprint density at radius 1 is 1.50 bits per heavy atom. The van der Waals surface area contributed by atoms with E-state index in [1.807, 2.05) is 11.6 Å². The molecule has 0 radical (unpaired) electrons. The molecule has 2 heterocycles. The Morgan fingerprint density at radius 3 is 2.75 bits per heavy atom. The summed E-state index contributed by atoms with van der Waals surface area (Å²) < 4.78 is 7.17. The molecule has 7 heteroatoms. The third kappa shape index (κ3) is 2.98. The third-order valence-electron chi connectivity index (χ3n) is 3.53. The van der Waals surface area contributed by atoms with Gasteiger partial charge in [-0.2, -0.15) is 5.10 Å². The van der Waals surface area contributed by atoms with Gasteiger partial charge in [0.1, 0.15) is 6.54 Å². The third-order valence-corrected chi connectivity index (χ3v) is 3.53. The SMILES string of the molecule is Cc1c(C(=O)N(C)CC(=O)O)cnn1C1CCOCC1. The van der Waals surface area contributed by atoms with Gasteiger partial charge in [0.25, 0.3) is 5.91 Å². The van der Waals surface area contributed by atoms with E-state index < -0.39 is 5.97 Å². The van der Waals surface area contributed by atoms with Crippen molar-refractivity contribution in [2.24, 2.45) is 0 Å². The second-order valence-electron chi connectivity index (χ2n) is 4.99. The molecule has 1 N–H and O–H groups in total. The van der Waals surface area contributed by atoms with Crippen molar-refractivity contribution in [2.75, 3.05) is 26.8 Å². The average Bonchev–Trinajstić information content (AvgIpc) is 2.80. The minimum absolute atomic E-state index is 0.245. The van der Waals surface area contributed by atoms with Crippen molar-refractivity contribution in [1.82, 2.24) is 14.7 Å². The Kier molecular flexibility index (Phi) is 4.39. The lowest BCUT2D eigenvalue weighted by Gasteiger charge is -2.23. The summed E-state index contributed by atoms with van der Waals surface area (Å²) >= 11 is 0. The first-order chi connectivity index (χ1) is 9.50. The monoisotopic (exact) mass is 281 g/mol. The second kappa shape index (κ2) is 6.04. The van der Waals surface area contributed by atoms with Crippen molar-refractivity contribution in [2.45, 2.75) is 25.8 Å². The summed E-state index contributed by atoms with van der Waals surface area (Å²) in [5.74, 6) is -1.35. The highest BCUT2D eigenvalue weighted by atomic mass is 16.5. The van der Waals surface area contributed by atoms with Gasteiger partial charge in [0, 0.05) is 26.0 Å². The number of carboxylic acid groups (broad SMARTS) is 1. The topological polar surface area (TPSA) is 84.7 Å². The maximum atomic E-state index is 12.2. The minimum atomic E-state index is -1.03. The quantitative estimate of drug-likeness (QED) is 0.878. The van der Waals surface area contributed by atoms with Gasteiger partial charge in [-0.05, 0) is 19.8 Å². The van der Waals surface area contributed by atoms with Crippen molar-refractivity contribution in [3.05, 3.63) is 17.5 Å². The summed E-state index contributed by atoms with van der Waals surface area (Å²) in [6, 6.07) is 0.245. The van der Waals surface area contributed by atoms with Crippen molar-refractivity contribution in [3.63, 3.8) is 0 Å². The molecule has 1 aromatic heterocycles. The number of carboxylic acids is 1. The van der Waals surface area contributed by atoms with Crippen molar-refractivity contribution in [3.8, 4) is 0 Å². The minimum Gasteiger partial charge on any atom is -0.480 e. The highest BCUT2D eigenvalue weighted by molar-refractivity contribution is 5.96. The number of amides is 1. The zero-order chi connectivity index (χ0) is 14.7. The lowest BCUT2D eigenvalue weighted by atomic mass is 10.1. The van der Waals surface area contributed by atoms with E-state index in [0.29, 0.717) is 18.8 Å². The van der Waals surface area contributed by atoms with Crippen LogP contribution < -0.4 is 0 Å². The summed E-state index contributed by atoms with van der Waals surface area (Å²) in [5.41, 5.74) is 1.24. The van der Waals surface area contributed by atoms with Gasteiger partial charge in [-0.1, -0.05) is 0 Å². The lowest BCUT2D eigenvalue weighted by molar-refractivity contribution is -0.137. The lowest BCUT2D eigenvalue weighted by Crippen LogP contribution is -2.32. The van der Waals surface area contributed by atoms with Gasteiger partial charge in [0.15, 0.2) is 0 Å². The molecular weight excluding hydrogens is 262 g/mol. The molecule has 0 atom stereocenters. The van der Waals surface area contributed by atoms with Crippen LogP contribution in [0.2, 0.25) is 0 Å². The molecule has 110 valence electrons. The molecule has 1 aromatic rings. The Bertz CT molecular complexity index is 506. The number of likely N-dealkylation sites (N-methyl/N-ethyl adjacent to an activating group) is 1. The number of carbonyl (C=O) groups excluding carboxylic acids is 1. The van der Waals surface area contributed by atoms with E-state index in [9.17, 15) is 9.59 Å². The number of rotatable bonds is 4. The predicted octanol–water partition coefficient (Wildman–Crippen LogP) is 0.700. The highest BCUT2D eigenvalue weighted by Crippen LogP contribution is 2.23. The van der Waals surface area contributed by atoms with Crippen LogP contribution in [-0.2, 0) is 9.53 Å². The Labute approximate surface area is 117 Å². The van der Waals surface area contributed by atoms with Gasteiger partial charge in [0.05, 0.1) is 17.8 Å². The summed E-state index contributed by atoms with van der Waals surface area (Å²) in [4.78, 5) is 24.0. The van der Waals surface area contributed by atoms with Crippen LogP contribution in [0.25, 0.3) is 0 Å². The van der Waals surface area contributed by atoms with Crippen molar-refractivity contribution in [1.29, 1.82) is 0 Å². The van der Waals surface area contributed by atoms with Crippen LogP contribution in [-0.4, -0.2) is 58.5 Å². The molecule has 7 nitrogen and oxygen atoms in total. The maximum absolute atomic E-state index is 12.2. The number of ether oxygens (including phenoxy) is 1. The van der Waals surface area contributed by atoms with E-state index in [4.69, 9.17) is 9.84 Å². The van der Waals surface area contributed by atoms with Crippen LogP contribution in [0.4, 0.5) is 0 Å². The second-order valence-corrected chi connectivity index (χ2v) is 4.99. The highest BCUT2D eigenvalue weighted by Gasteiger charge is 2.23. The summed E-state index contributed by atoms with van der Waals surface area (Å²) in [6.45, 7) is 2.92. The normalized spacial score (nSPS) is 16.1. The van der Waals surface area contributed by atoms with E-state index >= 15 is 0 Å². The van der Waals surface area contributed by atoms with Crippen LogP contribution in [0.5, 0.6) is 0 Å². The molecule has 1 fully saturated rings. The van der Waals surface area contributed by atoms with E-state index in [1.54, 1.807) is 0 Å². The molecule has 0 aromatic carbocycles. The van der Waals surface area contributed by atoms with Crippen LogP contribution >= 0.6 is 0 Å². The summed E-state index contributed by atoms with van der Waals surface area (Å²) in [6.07, 6.45) is 3.27. The molecule has 2 rings (SSSR count). The van der Waals surface area contributed by atoms with E-state index in [0.717, 1.165) is 18.5 Å². The van der Waals surface area contributed by atoms with E-state index in [1.165, 1.54) is 18.1 Å². The number of nitrogens with zero attached hydrogens (tertiary/aromatic N) is 3. The Balaban J connectivity index is 2.15. The molecular formula is C13H19N3O4. The predicted molar refractivity (Wildman–Crippen MR) is 70.7 cm³/mol. The maximum Gasteiger partial charge on any atom is 0.323 e. The van der Waals surface area contributed by atoms with Gasteiger partial charge in [-0.25, -0.2) is 0 Å². The zero-order valence-electron chi connectivity index (χ0n) is 11.7. The van der Waals surface area contributed by atoms with Gasteiger partial charge in [-0.3, -0.25) is 14.3 Å². The van der Waals surface area contributed by atoms with Crippen LogP contribution in [0, 0.1) is 6.92 Å². The van der Waals surface area contributed by atoms with E-state index in [-0.39, 0.29) is 18.5 Å². The first-order valence-electron chi connectivity index (χ1n) is 6.59. The fourth-order valence-electron chi connectivity index (χ4n) is 2.41. The molecule has 0 bridgehead atoms. The Morgan fingerprint density at radius 2 is 2.15 bits per heavy atom. The first kappa shape index (κ1) is 14.5. The number of aromatic nitrogens is 2. The molecule has 20 heavy (non-hydrogen) atoms. The number of carbonyl (C=O) groups is 2. The molecule has 0 saturated carbocycles. The Hall–Kier alpha value is -1.89. The molecule has 0 spiro atoms. The molecule has 1 amide bonds. The van der Waals surface area contributed by atoms with Crippen molar-refractivity contribution >= 4 is 11.9 Å². The van der Waals surface area contributed by atoms with Crippen LogP contribution in [0.3, 0.4) is 0 Å². The number of hydrogen-bond donors (Lipinski definition) is 1. The number of hydrogen-bond acceptors (Lipinski definition) is 4. The smallest absolute Gasteiger partial charge is 0.323 e. The van der Waals surface area contributed by atoms with Crippen LogP contribution in [0.15, 0.2) is 6.20 Å². The average molecular weight is 281 g/mol. The standard InChI is InChI=1S/C13H19N3O4/c1-9-11(13(19)15(2)8-12(17)18)7-14-16(9)10-3-5-20-6-4-10/h7,10H,3-6,8H2,1-2H3,(H,17,18). The van der Waals surface area contributed by atoms with Gasteiger partial charge >= 0.3 is 5.97 Å². The molecule has 0 unspecified atom stereocenters. The summed E-state index contributed by atoms with van der Waals surface area (Å²) in [5, 5.41) is 13.0. The number of aliphatic carboxylic acids is 1. The summed E-state index contributed by atoms with van der Waals surface area (Å²) in [7, 11) is 1.47. The van der Waals surface area contributed by atoms with Crippen molar-refractivity contribution < 1.29 is 19.4 Å². The molecule has 1 aliphatic rings. The fraction of sp³-hybridized carbons (Fsp3) is 0.615. The van der Waals surface area contributed by atoms with Gasteiger partial charge in [-0.15, -0.1) is 0 Å². The molecule has 1 saturated heterocycles. The van der Waals surface area contributed by atoms with Gasteiger partial charge in [0.2, 0.25) is 0 Å². The zero-order valence-corrected chi connectivity index (χ0v) is 11.7.